The second kappa shape index (κ2) is 3.69. The summed E-state index contributed by atoms with van der Waals surface area (Å²) in [5, 5.41) is 0. The average Bonchev–Trinajstić information content (AvgIpc) is 2.17. The van der Waals surface area contributed by atoms with E-state index in [1.165, 1.54) is 25.7 Å². The molecule has 0 heterocycles. The molecule has 2 unspecified atom stereocenters. The second-order valence-corrected chi connectivity index (χ2v) is 4.77. The van der Waals surface area contributed by atoms with Crippen LogP contribution in [0.1, 0.15) is 39.5 Å². The van der Waals surface area contributed by atoms with Crippen LogP contribution in [0, 0.1) is 17.8 Å². The minimum atomic E-state index is 0.794. The molecule has 72 valence electrons. The Kier molecular flexibility index (Phi) is 2.57. The van der Waals surface area contributed by atoms with Crippen molar-refractivity contribution in [2.75, 3.05) is 0 Å². The summed E-state index contributed by atoms with van der Waals surface area (Å²) in [6.45, 7) is 4.74. The third-order valence-electron chi connectivity index (χ3n) is 3.61. The zero-order chi connectivity index (χ0) is 9.26. The molecule has 1 saturated carbocycles. The van der Waals surface area contributed by atoms with Crippen LogP contribution in [0.4, 0.5) is 0 Å². The van der Waals surface area contributed by atoms with Gasteiger partial charge in [-0.2, -0.15) is 0 Å². The standard InChI is InChI=1S/C13H20/c1-10(2)12-9-5-7-11-6-3-4-8-13(11)12/h4,6,8,10,12-13H,3,5,7,9H2,1-2H3. The number of allylic oxidation sites excluding steroid dienone is 4. The molecule has 0 bridgehead atoms. The predicted molar refractivity (Wildman–Crippen MR) is 57.5 cm³/mol. The smallest absolute Gasteiger partial charge is 0.000766 e. The van der Waals surface area contributed by atoms with Crippen LogP contribution in [0.5, 0.6) is 0 Å². The van der Waals surface area contributed by atoms with Gasteiger partial charge in [0, 0.05) is 5.92 Å². The Morgan fingerprint density at radius 3 is 3.00 bits per heavy atom. The summed E-state index contributed by atoms with van der Waals surface area (Å²) in [5.74, 6) is 2.55. The lowest BCUT2D eigenvalue weighted by Crippen LogP contribution is -2.25. The molecule has 0 nitrogen and oxygen atoms in total. The van der Waals surface area contributed by atoms with Gasteiger partial charge in [0.2, 0.25) is 0 Å². The molecule has 1 fully saturated rings. The molecule has 0 aliphatic heterocycles. The summed E-state index contributed by atoms with van der Waals surface area (Å²) in [5.41, 5.74) is 1.73. The van der Waals surface area contributed by atoms with E-state index in [2.05, 4.69) is 32.1 Å². The zero-order valence-electron chi connectivity index (χ0n) is 8.79. The van der Waals surface area contributed by atoms with Crippen LogP contribution in [0.15, 0.2) is 23.8 Å². The summed E-state index contributed by atoms with van der Waals surface area (Å²) in [6, 6.07) is 0. The van der Waals surface area contributed by atoms with Crippen LogP contribution in [0.2, 0.25) is 0 Å². The molecular formula is C13H20. The Balaban J connectivity index is 2.16. The van der Waals surface area contributed by atoms with Gasteiger partial charge in [0.25, 0.3) is 0 Å². The lowest BCUT2D eigenvalue weighted by molar-refractivity contribution is 0.264. The summed E-state index contributed by atoms with van der Waals surface area (Å²) in [6.07, 6.45) is 12.6. The highest BCUT2D eigenvalue weighted by Gasteiger charge is 2.29. The Morgan fingerprint density at radius 2 is 2.23 bits per heavy atom. The third-order valence-corrected chi connectivity index (χ3v) is 3.61. The van der Waals surface area contributed by atoms with Gasteiger partial charge in [-0.15, -0.1) is 0 Å². The highest BCUT2D eigenvalue weighted by Crippen LogP contribution is 2.41. The van der Waals surface area contributed by atoms with Crippen molar-refractivity contribution in [3.63, 3.8) is 0 Å². The minimum Gasteiger partial charge on any atom is -0.0841 e. The largest absolute Gasteiger partial charge is 0.0841 e. The molecule has 0 aromatic carbocycles. The van der Waals surface area contributed by atoms with Crippen LogP contribution in [-0.2, 0) is 0 Å². The van der Waals surface area contributed by atoms with E-state index >= 15 is 0 Å². The summed E-state index contributed by atoms with van der Waals surface area (Å²) < 4.78 is 0. The first-order chi connectivity index (χ1) is 6.29. The zero-order valence-corrected chi connectivity index (χ0v) is 8.79. The van der Waals surface area contributed by atoms with Crippen molar-refractivity contribution in [1.82, 2.24) is 0 Å². The lowest BCUT2D eigenvalue weighted by atomic mass is 9.69. The third kappa shape index (κ3) is 1.72. The van der Waals surface area contributed by atoms with Crippen molar-refractivity contribution in [3.8, 4) is 0 Å². The lowest BCUT2D eigenvalue weighted by Gasteiger charge is -2.36. The fourth-order valence-corrected chi connectivity index (χ4v) is 2.86. The summed E-state index contributed by atoms with van der Waals surface area (Å²) in [4.78, 5) is 0. The van der Waals surface area contributed by atoms with Crippen LogP contribution < -0.4 is 0 Å². The van der Waals surface area contributed by atoms with Crippen molar-refractivity contribution >= 4 is 0 Å². The van der Waals surface area contributed by atoms with Crippen molar-refractivity contribution in [1.29, 1.82) is 0 Å². The monoisotopic (exact) mass is 176 g/mol. The normalized spacial score (nSPS) is 33.0. The first-order valence-electron chi connectivity index (χ1n) is 5.64. The van der Waals surface area contributed by atoms with Crippen LogP contribution >= 0.6 is 0 Å². The van der Waals surface area contributed by atoms with E-state index in [4.69, 9.17) is 0 Å². The van der Waals surface area contributed by atoms with E-state index < -0.39 is 0 Å². The van der Waals surface area contributed by atoms with Crippen molar-refractivity contribution < 1.29 is 0 Å². The Morgan fingerprint density at radius 1 is 1.38 bits per heavy atom. The van der Waals surface area contributed by atoms with Gasteiger partial charge in [0.1, 0.15) is 0 Å². The molecule has 0 N–H and O–H groups in total. The van der Waals surface area contributed by atoms with E-state index in [1.54, 1.807) is 5.57 Å². The van der Waals surface area contributed by atoms with Crippen LogP contribution in [-0.4, -0.2) is 0 Å². The van der Waals surface area contributed by atoms with E-state index in [1.807, 2.05) is 0 Å². The van der Waals surface area contributed by atoms with E-state index in [-0.39, 0.29) is 0 Å². The second-order valence-electron chi connectivity index (χ2n) is 4.77. The molecule has 0 saturated heterocycles. The molecule has 0 aromatic rings. The molecule has 2 atom stereocenters. The first-order valence-corrected chi connectivity index (χ1v) is 5.64. The van der Waals surface area contributed by atoms with Gasteiger partial charge in [-0.25, -0.2) is 0 Å². The number of hydrogen-bond donors (Lipinski definition) is 0. The van der Waals surface area contributed by atoms with Crippen molar-refractivity contribution in [3.05, 3.63) is 23.8 Å². The first kappa shape index (κ1) is 9.05. The molecule has 0 amide bonds. The Hall–Kier alpha value is -0.520. The van der Waals surface area contributed by atoms with Gasteiger partial charge in [-0.1, -0.05) is 37.6 Å². The average molecular weight is 176 g/mol. The maximum atomic E-state index is 2.46. The molecule has 2 aliphatic carbocycles. The predicted octanol–water partition coefficient (Wildman–Crippen LogP) is 3.95. The maximum Gasteiger partial charge on any atom is 0.000766 e. The molecule has 0 aromatic heterocycles. The fourth-order valence-electron chi connectivity index (χ4n) is 2.86. The van der Waals surface area contributed by atoms with E-state index in [0.29, 0.717) is 0 Å². The van der Waals surface area contributed by atoms with Crippen LogP contribution in [0.3, 0.4) is 0 Å². The molecule has 2 rings (SSSR count). The fraction of sp³-hybridized carbons (Fsp3) is 0.692. The summed E-state index contributed by atoms with van der Waals surface area (Å²) in [7, 11) is 0. The number of hydrogen-bond acceptors (Lipinski definition) is 0. The van der Waals surface area contributed by atoms with Gasteiger partial charge in [-0.05, 0) is 37.5 Å². The highest BCUT2D eigenvalue weighted by molar-refractivity contribution is 5.22. The van der Waals surface area contributed by atoms with Gasteiger partial charge < -0.3 is 0 Å². The highest BCUT2D eigenvalue weighted by atomic mass is 14.3. The van der Waals surface area contributed by atoms with E-state index in [0.717, 1.165) is 17.8 Å². The van der Waals surface area contributed by atoms with Gasteiger partial charge in [-0.3, -0.25) is 0 Å². The Bertz CT molecular complexity index is 232. The molecule has 2 aliphatic rings. The quantitative estimate of drug-likeness (QED) is 0.531. The molecule has 0 heteroatoms. The van der Waals surface area contributed by atoms with E-state index in [9.17, 15) is 0 Å². The van der Waals surface area contributed by atoms with Crippen molar-refractivity contribution in [2.24, 2.45) is 17.8 Å². The Labute approximate surface area is 81.7 Å². The molecular weight excluding hydrogens is 156 g/mol. The van der Waals surface area contributed by atoms with Crippen molar-refractivity contribution in [2.45, 2.75) is 39.5 Å². The van der Waals surface area contributed by atoms with Gasteiger partial charge in [0.15, 0.2) is 0 Å². The van der Waals surface area contributed by atoms with Gasteiger partial charge in [0.05, 0.1) is 0 Å². The number of rotatable bonds is 1. The minimum absolute atomic E-state index is 0.794. The molecule has 0 radical (unpaired) electrons. The van der Waals surface area contributed by atoms with Crippen LogP contribution in [0.25, 0.3) is 0 Å². The molecule has 0 spiro atoms. The number of fused-ring (bicyclic) bond motifs is 1. The SMILES string of the molecule is CC(C)C1CCCC2=CCC=CC21. The topological polar surface area (TPSA) is 0 Å². The molecule has 13 heavy (non-hydrogen) atoms. The summed E-state index contributed by atoms with van der Waals surface area (Å²) >= 11 is 0. The van der Waals surface area contributed by atoms with Gasteiger partial charge >= 0.3 is 0 Å². The maximum absolute atomic E-state index is 2.46.